The van der Waals surface area contributed by atoms with Crippen LogP contribution in [0.5, 0.6) is 0 Å². The summed E-state index contributed by atoms with van der Waals surface area (Å²) in [6, 6.07) is 15.1. The molecule has 2 nitrogen and oxygen atoms in total. The van der Waals surface area contributed by atoms with Crippen LogP contribution in [0.15, 0.2) is 53.0 Å². The summed E-state index contributed by atoms with van der Waals surface area (Å²) in [5, 5.41) is 2.86. The van der Waals surface area contributed by atoms with Gasteiger partial charge >= 0.3 is 0 Å². The molecule has 0 atom stereocenters. The van der Waals surface area contributed by atoms with E-state index >= 15 is 0 Å². The van der Waals surface area contributed by atoms with Crippen LogP contribution in [0.25, 0.3) is 0 Å². The van der Waals surface area contributed by atoms with Crippen molar-refractivity contribution >= 4 is 27.5 Å². The standard InChI is InChI=1S/C14H12BrNO/c1-10-7-8-13(15)12(9-10)14(17)16-11-5-3-2-4-6-11/h2-9H,1H3,(H,16,17). The summed E-state index contributed by atoms with van der Waals surface area (Å²) < 4.78 is 0.802. The molecule has 0 saturated carbocycles. The van der Waals surface area contributed by atoms with Crippen molar-refractivity contribution < 1.29 is 4.79 Å². The zero-order valence-corrected chi connectivity index (χ0v) is 11.0. The van der Waals surface area contributed by atoms with Gasteiger partial charge in [0.25, 0.3) is 5.91 Å². The van der Waals surface area contributed by atoms with Crippen LogP contribution in [0.3, 0.4) is 0 Å². The van der Waals surface area contributed by atoms with E-state index in [1.807, 2.05) is 55.5 Å². The van der Waals surface area contributed by atoms with E-state index in [-0.39, 0.29) is 5.91 Å². The van der Waals surface area contributed by atoms with Gasteiger partial charge in [0.2, 0.25) is 0 Å². The van der Waals surface area contributed by atoms with Gasteiger partial charge in [0.05, 0.1) is 5.56 Å². The highest BCUT2D eigenvalue weighted by molar-refractivity contribution is 9.10. The summed E-state index contributed by atoms with van der Waals surface area (Å²) in [6.07, 6.45) is 0. The topological polar surface area (TPSA) is 29.1 Å². The summed E-state index contributed by atoms with van der Waals surface area (Å²) in [6.45, 7) is 1.96. The van der Waals surface area contributed by atoms with E-state index in [1.54, 1.807) is 0 Å². The van der Waals surface area contributed by atoms with Gasteiger partial charge in [-0.15, -0.1) is 0 Å². The van der Waals surface area contributed by atoms with Crippen molar-refractivity contribution in [3.8, 4) is 0 Å². The van der Waals surface area contributed by atoms with Gasteiger partial charge in [-0.1, -0.05) is 29.8 Å². The zero-order valence-electron chi connectivity index (χ0n) is 9.41. The third-order valence-corrected chi connectivity index (χ3v) is 3.09. The summed E-state index contributed by atoms with van der Waals surface area (Å²) in [5.74, 6) is -0.105. The van der Waals surface area contributed by atoms with Gasteiger partial charge in [0, 0.05) is 10.2 Å². The second-order valence-corrected chi connectivity index (χ2v) is 4.66. The minimum absolute atomic E-state index is 0.105. The summed E-state index contributed by atoms with van der Waals surface area (Å²) in [7, 11) is 0. The van der Waals surface area contributed by atoms with Crippen molar-refractivity contribution in [3.63, 3.8) is 0 Å². The van der Waals surface area contributed by atoms with E-state index in [9.17, 15) is 4.79 Å². The van der Waals surface area contributed by atoms with Crippen molar-refractivity contribution in [1.29, 1.82) is 0 Å². The molecule has 17 heavy (non-hydrogen) atoms. The van der Waals surface area contributed by atoms with Crippen molar-refractivity contribution in [1.82, 2.24) is 0 Å². The van der Waals surface area contributed by atoms with Crippen LogP contribution >= 0.6 is 15.9 Å². The number of aryl methyl sites for hydroxylation is 1. The molecule has 1 N–H and O–H groups in total. The van der Waals surface area contributed by atoms with Crippen LogP contribution in [-0.2, 0) is 0 Å². The maximum absolute atomic E-state index is 12.0. The molecule has 2 aromatic rings. The highest BCUT2D eigenvalue weighted by Gasteiger charge is 2.09. The molecular weight excluding hydrogens is 278 g/mol. The van der Waals surface area contributed by atoms with Gasteiger partial charge < -0.3 is 5.32 Å². The Morgan fingerprint density at radius 2 is 1.82 bits per heavy atom. The van der Waals surface area contributed by atoms with E-state index in [0.29, 0.717) is 5.56 Å². The van der Waals surface area contributed by atoms with Gasteiger partial charge in [-0.25, -0.2) is 0 Å². The fourth-order valence-electron chi connectivity index (χ4n) is 1.53. The molecule has 2 rings (SSSR count). The number of hydrogen-bond donors (Lipinski definition) is 1. The molecule has 86 valence electrons. The average Bonchev–Trinajstić information content (AvgIpc) is 2.33. The molecule has 0 aliphatic heterocycles. The van der Waals surface area contributed by atoms with Gasteiger partial charge in [-0.2, -0.15) is 0 Å². The number of carbonyl (C=O) groups is 1. The lowest BCUT2D eigenvalue weighted by Gasteiger charge is -2.07. The first-order valence-corrected chi connectivity index (χ1v) is 6.08. The Labute approximate surface area is 109 Å². The van der Waals surface area contributed by atoms with Crippen LogP contribution in [0.4, 0.5) is 5.69 Å². The minimum Gasteiger partial charge on any atom is -0.322 e. The van der Waals surface area contributed by atoms with Crippen LogP contribution < -0.4 is 5.32 Å². The Balaban J connectivity index is 2.23. The first kappa shape index (κ1) is 11.9. The van der Waals surface area contributed by atoms with Crippen molar-refractivity contribution in [2.45, 2.75) is 6.92 Å². The van der Waals surface area contributed by atoms with E-state index in [1.165, 1.54) is 0 Å². The molecule has 0 unspecified atom stereocenters. The van der Waals surface area contributed by atoms with Gasteiger partial charge in [-0.05, 0) is 47.1 Å². The Hall–Kier alpha value is -1.61. The first-order valence-electron chi connectivity index (χ1n) is 5.29. The molecule has 1 amide bonds. The van der Waals surface area contributed by atoms with Crippen molar-refractivity contribution in [2.75, 3.05) is 5.32 Å². The summed E-state index contributed by atoms with van der Waals surface area (Å²) >= 11 is 3.38. The Morgan fingerprint density at radius 1 is 1.12 bits per heavy atom. The normalized spacial score (nSPS) is 10.0. The third-order valence-electron chi connectivity index (χ3n) is 2.40. The van der Waals surface area contributed by atoms with Crippen LogP contribution in [-0.4, -0.2) is 5.91 Å². The summed E-state index contributed by atoms with van der Waals surface area (Å²) in [4.78, 5) is 12.0. The number of anilines is 1. The lowest BCUT2D eigenvalue weighted by atomic mass is 10.1. The fourth-order valence-corrected chi connectivity index (χ4v) is 1.96. The highest BCUT2D eigenvalue weighted by Crippen LogP contribution is 2.19. The number of rotatable bonds is 2. The molecule has 0 saturated heterocycles. The van der Waals surface area contributed by atoms with E-state index < -0.39 is 0 Å². The second-order valence-electron chi connectivity index (χ2n) is 3.80. The molecular formula is C14H12BrNO. The predicted molar refractivity (Wildman–Crippen MR) is 73.3 cm³/mol. The number of nitrogens with one attached hydrogen (secondary N) is 1. The molecule has 0 heterocycles. The van der Waals surface area contributed by atoms with E-state index in [4.69, 9.17) is 0 Å². The molecule has 2 aromatic carbocycles. The number of amides is 1. The number of halogens is 1. The molecule has 0 aliphatic rings. The molecule has 0 radical (unpaired) electrons. The zero-order chi connectivity index (χ0) is 12.3. The smallest absolute Gasteiger partial charge is 0.256 e. The number of hydrogen-bond acceptors (Lipinski definition) is 1. The van der Waals surface area contributed by atoms with Crippen molar-refractivity contribution in [3.05, 3.63) is 64.1 Å². The third kappa shape index (κ3) is 2.94. The average molecular weight is 290 g/mol. The molecule has 0 aliphatic carbocycles. The van der Waals surface area contributed by atoms with Crippen LogP contribution in [0.1, 0.15) is 15.9 Å². The van der Waals surface area contributed by atoms with E-state index in [2.05, 4.69) is 21.2 Å². The Bertz CT molecular complexity index is 537. The highest BCUT2D eigenvalue weighted by atomic mass is 79.9. The van der Waals surface area contributed by atoms with Gasteiger partial charge in [0.15, 0.2) is 0 Å². The quantitative estimate of drug-likeness (QED) is 0.889. The largest absolute Gasteiger partial charge is 0.322 e. The predicted octanol–water partition coefficient (Wildman–Crippen LogP) is 4.01. The maximum Gasteiger partial charge on any atom is 0.256 e. The lowest BCUT2D eigenvalue weighted by molar-refractivity contribution is 0.102. The molecule has 0 aromatic heterocycles. The monoisotopic (exact) mass is 289 g/mol. The van der Waals surface area contributed by atoms with Crippen LogP contribution in [0, 0.1) is 6.92 Å². The Kier molecular flexibility index (Phi) is 3.59. The van der Waals surface area contributed by atoms with Gasteiger partial charge in [0.1, 0.15) is 0 Å². The fraction of sp³-hybridized carbons (Fsp3) is 0.0714. The van der Waals surface area contributed by atoms with Crippen LogP contribution in [0.2, 0.25) is 0 Å². The second kappa shape index (κ2) is 5.15. The number of carbonyl (C=O) groups excluding carboxylic acids is 1. The molecule has 3 heteroatoms. The Morgan fingerprint density at radius 3 is 2.53 bits per heavy atom. The van der Waals surface area contributed by atoms with Crippen molar-refractivity contribution in [2.24, 2.45) is 0 Å². The SMILES string of the molecule is Cc1ccc(Br)c(C(=O)Nc2ccccc2)c1. The van der Waals surface area contributed by atoms with E-state index in [0.717, 1.165) is 15.7 Å². The minimum atomic E-state index is -0.105. The lowest BCUT2D eigenvalue weighted by Crippen LogP contribution is -2.12. The van der Waals surface area contributed by atoms with Gasteiger partial charge in [-0.3, -0.25) is 4.79 Å². The summed E-state index contributed by atoms with van der Waals surface area (Å²) in [5.41, 5.74) is 2.51. The molecule has 0 bridgehead atoms. The molecule has 0 spiro atoms. The number of para-hydroxylation sites is 1. The molecule has 0 fully saturated rings. The number of benzene rings is 2. The maximum atomic E-state index is 12.0. The first-order chi connectivity index (χ1) is 8.16.